The lowest BCUT2D eigenvalue weighted by Gasteiger charge is -2.71. The molecule has 1 aromatic heterocycles. The molecule has 0 amide bonds. The van der Waals surface area contributed by atoms with Gasteiger partial charge >= 0.3 is 6.36 Å². The summed E-state index contributed by atoms with van der Waals surface area (Å²) in [7, 11) is 0. The number of rotatable bonds is 10. The summed E-state index contributed by atoms with van der Waals surface area (Å²) in [6, 6.07) is 15.6. The number of alkyl halides is 3. The van der Waals surface area contributed by atoms with Crippen LogP contribution in [0.25, 0.3) is 10.1 Å². The van der Waals surface area contributed by atoms with Gasteiger partial charge in [-0.15, -0.1) is 24.5 Å². The van der Waals surface area contributed by atoms with Crippen molar-refractivity contribution in [2.24, 2.45) is 33.5 Å². The van der Waals surface area contributed by atoms with Crippen LogP contribution in [0.4, 0.5) is 13.2 Å². The Balaban J connectivity index is 1.16. The van der Waals surface area contributed by atoms with Crippen molar-refractivity contribution in [2.75, 3.05) is 19.7 Å². The third kappa shape index (κ3) is 5.75. The summed E-state index contributed by atoms with van der Waals surface area (Å²) in [6.45, 7) is 4.46. The molecule has 2 spiro atoms. The maximum atomic E-state index is 15.0. The first-order valence-corrected chi connectivity index (χ1v) is 19.6. The van der Waals surface area contributed by atoms with Crippen LogP contribution < -0.4 is 4.74 Å². The van der Waals surface area contributed by atoms with Gasteiger partial charge in [-0.25, -0.2) is 0 Å². The minimum Gasteiger partial charge on any atom is -0.406 e. The number of halogens is 3. The number of hydrogen-bond acceptors (Lipinski definition) is 8. The summed E-state index contributed by atoms with van der Waals surface area (Å²) in [6.07, 6.45) is 5.25. The van der Waals surface area contributed by atoms with E-state index < -0.39 is 47.0 Å². The molecule has 0 radical (unpaired) electrons. The van der Waals surface area contributed by atoms with E-state index in [1.54, 1.807) is 0 Å². The number of ketones is 1. The third-order valence-electron chi connectivity index (χ3n) is 14.3. The number of Topliss-reactive ketones (excluding diaryl/α,β-unsaturated/α-hetero) is 1. The second-order valence-corrected chi connectivity index (χ2v) is 18.1. The van der Waals surface area contributed by atoms with Crippen LogP contribution in [0.15, 0.2) is 78.4 Å². The van der Waals surface area contributed by atoms with Crippen LogP contribution in [0.1, 0.15) is 74.0 Å². The number of hydrogen-bond donors (Lipinski definition) is 4. The first kappa shape index (κ1) is 36.9. The van der Waals surface area contributed by atoms with Gasteiger partial charge in [0.2, 0.25) is 0 Å². The van der Waals surface area contributed by atoms with Gasteiger partial charge in [0.1, 0.15) is 5.75 Å². The first-order valence-electron chi connectivity index (χ1n) is 18.8. The van der Waals surface area contributed by atoms with Crippen molar-refractivity contribution >= 4 is 27.2 Å². The van der Waals surface area contributed by atoms with E-state index >= 15 is 4.79 Å². The van der Waals surface area contributed by atoms with Crippen molar-refractivity contribution in [3.05, 3.63) is 88.8 Å². The Hall–Kier alpha value is -3.06. The lowest BCUT2D eigenvalue weighted by atomic mass is 9.32. The predicted octanol–water partition coefficient (Wildman–Crippen LogP) is 7.43. The maximum Gasteiger partial charge on any atom is 0.573 e. The normalized spacial score (nSPS) is 36.6. The quantitative estimate of drug-likeness (QED) is 0.126. The highest BCUT2D eigenvalue weighted by atomic mass is 32.1. The van der Waals surface area contributed by atoms with Gasteiger partial charge in [0, 0.05) is 46.2 Å². The molecule has 53 heavy (non-hydrogen) atoms. The van der Waals surface area contributed by atoms with Crippen molar-refractivity contribution in [1.29, 1.82) is 0 Å². The molecule has 0 aliphatic heterocycles. The van der Waals surface area contributed by atoms with Gasteiger partial charge in [0.15, 0.2) is 5.78 Å². The standard InChI is InChI=1S/C42H48F3NO6S/c1-37-14-11-28(48)20-39(37)17-18-41(31(21-39)36(50)33-19-27-5-3-4-6-32(27)53-33)34(37)12-15-38(2)35(41)13-16-40(38,51)25-46(23-29(49)24-47)22-26-7-9-30(10-8-26)52-42(43,44)45/h3-10,17-19,21,28-29,34-35,47-49,51H,11-16,20,22-25H2,1-2H3/t28?,29-,34+,35+,37+,38-,39-,40+,41+/m0/s1. The molecule has 0 saturated heterocycles. The lowest BCUT2D eigenvalue weighted by molar-refractivity contribution is -0.274. The highest BCUT2D eigenvalue weighted by Gasteiger charge is 2.74. The number of benzene rings is 2. The van der Waals surface area contributed by atoms with E-state index in [9.17, 15) is 33.6 Å². The van der Waals surface area contributed by atoms with Gasteiger partial charge in [-0.05, 0) is 97.4 Å². The lowest BCUT2D eigenvalue weighted by Crippen LogP contribution is -2.67. The first-order chi connectivity index (χ1) is 25.0. The Morgan fingerprint density at radius 2 is 1.70 bits per heavy atom. The van der Waals surface area contributed by atoms with Crippen LogP contribution in [0.5, 0.6) is 5.75 Å². The molecule has 2 aromatic carbocycles. The topological polar surface area (TPSA) is 110 Å². The zero-order valence-corrected chi connectivity index (χ0v) is 30.9. The van der Waals surface area contributed by atoms with Crippen LogP contribution in [0, 0.1) is 33.5 Å². The van der Waals surface area contributed by atoms with Crippen LogP contribution in [0.3, 0.4) is 0 Å². The molecular weight excluding hydrogens is 704 g/mol. The Kier molecular flexibility index (Phi) is 8.87. The van der Waals surface area contributed by atoms with E-state index in [-0.39, 0.29) is 48.4 Å². The van der Waals surface area contributed by atoms with Crippen LogP contribution in [-0.2, 0) is 6.54 Å². The molecule has 1 heterocycles. The minimum atomic E-state index is -4.81. The summed E-state index contributed by atoms with van der Waals surface area (Å²) < 4.78 is 43.5. The monoisotopic (exact) mass is 751 g/mol. The molecule has 3 fully saturated rings. The van der Waals surface area contributed by atoms with Gasteiger partial charge in [0.05, 0.1) is 29.3 Å². The number of carbonyl (C=O) groups excluding carboxylic acids is 1. The van der Waals surface area contributed by atoms with E-state index in [0.29, 0.717) is 36.1 Å². The molecule has 9 rings (SSSR count). The number of thiophene rings is 1. The van der Waals surface area contributed by atoms with E-state index in [1.165, 1.54) is 35.6 Å². The zero-order chi connectivity index (χ0) is 37.6. The number of carbonyl (C=O) groups is 1. The summed E-state index contributed by atoms with van der Waals surface area (Å²) >= 11 is 1.51. The molecule has 284 valence electrons. The number of aliphatic hydroxyl groups excluding tert-OH is 3. The summed E-state index contributed by atoms with van der Waals surface area (Å²) in [5, 5.41) is 45.4. The summed E-state index contributed by atoms with van der Waals surface area (Å²) in [5.41, 5.74) is -1.67. The van der Waals surface area contributed by atoms with Crippen LogP contribution in [0.2, 0.25) is 0 Å². The number of fused-ring (bicyclic) bond motifs is 2. The molecular formula is C42H48F3NO6S. The minimum absolute atomic E-state index is 0.0207. The average molecular weight is 752 g/mol. The Morgan fingerprint density at radius 1 is 1.00 bits per heavy atom. The predicted molar refractivity (Wildman–Crippen MR) is 196 cm³/mol. The van der Waals surface area contributed by atoms with Crippen molar-refractivity contribution in [1.82, 2.24) is 4.90 Å². The van der Waals surface area contributed by atoms with Crippen molar-refractivity contribution in [3.8, 4) is 5.75 Å². The fourth-order valence-corrected chi connectivity index (χ4v) is 12.8. The van der Waals surface area contributed by atoms with Gasteiger partial charge in [-0.1, -0.05) is 62.4 Å². The molecule has 7 nitrogen and oxygen atoms in total. The SMILES string of the molecule is C[C@]12CC[C@H]3[C@]4(C=C[C@@]5(C=C4C(=O)c4cc6ccccc6s4)CC(O)CC[C@]35C)[C@@H]1CC[C@@]2(O)CN(Cc1ccc(OC(F)(F)F)cc1)C[C@H](O)CO. The van der Waals surface area contributed by atoms with E-state index in [4.69, 9.17) is 0 Å². The number of nitrogens with zero attached hydrogens (tertiary/aromatic N) is 1. The second kappa shape index (κ2) is 12.7. The van der Waals surface area contributed by atoms with E-state index in [1.807, 2.05) is 35.2 Å². The molecule has 9 atom stereocenters. The molecule has 6 aliphatic carbocycles. The van der Waals surface area contributed by atoms with Gasteiger partial charge < -0.3 is 25.2 Å². The number of ether oxygens (including phenoxy) is 1. The van der Waals surface area contributed by atoms with Gasteiger partial charge in [-0.2, -0.15) is 0 Å². The van der Waals surface area contributed by atoms with Crippen molar-refractivity contribution in [2.45, 2.75) is 89.5 Å². The molecule has 2 bridgehead atoms. The second-order valence-electron chi connectivity index (χ2n) is 17.0. The van der Waals surface area contributed by atoms with Crippen molar-refractivity contribution < 1.29 is 43.1 Å². The van der Waals surface area contributed by atoms with Crippen LogP contribution >= 0.6 is 11.3 Å². The molecule has 6 aliphatic rings. The summed E-state index contributed by atoms with van der Waals surface area (Å²) in [5.74, 6) is -0.260. The molecule has 3 saturated carbocycles. The Morgan fingerprint density at radius 3 is 2.42 bits per heavy atom. The maximum absolute atomic E-state index is 15.0. The Labute approximate surface area is 311 Å². The highest BCUT2D eigenvalue weighted by Crippen LogP contribution is 2.78. The van der Waals surface area contributed by atoms with Gasteiger partial charge in [-0.3, -0.25) is 9.69 Å². The van der Waals surface area contributed by atoms with Crippen LogP contribution in [-0.4, -0.2) is 75.0 Å². The van der Waals surface area contributed by atoms with Crippen molar-refractivity contribution in [3.63, 3.8) is 0 Å². The van der Waals surface area contributed by atoms with Gasteiger partial charge in [0.25, 0.3) is 0 Å². The largest absolute Gasteiger partial charge is 0.573 e. The zero-order valence-electron chi connectivity index (χ0n) is 30.1. The summed E-state index contributed by atoms with van der Waals surface area (Å²) in [4.78, 5) is 17.6. The number of allylic oxidation sites excluding steroid dienone is 4. The number of aliphatic hydroxyl groups is 4. The Bertz CT molecular complexity index is 1930. The molecule has 11 heteroatoms. The highest BCUT2D eigenvalue weighted by molar-refractivity contribution is 7.21. The fraction of sp³-hybridized carbons (Fsp3) is 0.548. The smallest absolute Gasteiger partial charge is 0.406 e. The third-order valence-corrected chi connectivity index (χ3v) is 15.4. The van der Waals surface area contributed by atoms with E-state index in [0.717, 1.165) is 34.9 Å². The fourth-order valence-electron chi connectivity index (χ4n) is 11.8. The molecule has 1 unspecified atom stereocenters. The molecule has 4 N–H and O–H groups in total. The molecule has 3 aromatic rings. The average Bonchev–Trinajstić information content (AvgIpc) is 3.66. The van der Waals surface area contributed by atoms with E-state index in [2.05, 4.69) is 36.8 Å².